The molecule has 2 rings (SSSR count). The lowest BCUT2D eigenvalue weighted by Crippen LogP contribution is -2.45. The number of aryl methyl sites for hydroxylation is 1. The summed E-state index contributed by atoms with van der Waals surface area (Å²) in [7, 11) is 1.87. The van der Waals surface area contributed by atoms with Crippen LogP contribution in [-0.2, 0) is 11.3 Å². The normalized spacial score (nSPS) is 23.0. The summed E-state index contributed by atoms with van der Waals surface area (Å²) in [6, 6.07) is 8.42. The first kappa shape index (κ1) is 12.1. The molecular formula is C14H20N2O. The lowest BCUT2D eigenvalue weighted by Gasteiger charge is -2.34. The van der Waals surface area contributed by atoms with Gasteiger partial charge in [0.25, 0.3) is 0 Å². The van der Waals surface area contributed by atoms with Crippen LogP contribution in [0.4, 0.5) is 0 Å². The predicted octanol–water partition coefficient (Wildman–Crippen LogP) is 1.69. The summed E-state index contributed by atoms with van der Waals surface area (Å²) in [4.78, 5) is 13.9. The molecule has 1 aliphatic rings. The van der Waals surface area contributed by atoms with Crippen molar-refractivity contribution in [2.24, 2.45) is 11.7 Å². The third-order valence-corrected chi connectivity index (χ3v) is 3.57. The van der Waals surface area contributed by atoms with Crippen LogP contribution in [0.15, 0.2) is 24.3 Å². The summed E-state index contributed by atoms with van der Waals surface area (Å²) in [6.07, 6.45) is 1.69. The van der Waals surface area contributed by atoms with Crippen LogP contribution in [0.2, 0.25) is 0 Å². The minimum atomic E-state index is 0.152. The largest absolute Gasteiger partial charge is 0.341 e. The van der Waals surface area contributed by atoms with E-state index >= 15 is 0 Å². The van der Waals surface area contributed by atoms with Crippen molar-refractivity contribution in [3.8, 4) is 0 Å². The Morgan fingerprint density at radius 3 is 2.65 bits per heavy atom. The average Bonchev–Trinajstić information content (AvgIpc) is 2.27. The van der Waals surface area contributed by atoms with Gasteiger partial charge in [0, 0.05) is 25.6 Å². The predicted molar refractivity (Wildman–Crippen MR) is 68.4 cm³/mol. The van der Waals surface area contributed by atoms with Gasteiger partial charge in [-0.1, -0.05) is 24.3 Å². The zero-order chi connectivity index (χ0) is 12.4. The highest BCUT2D eigenvalue weighted by atomic mass is 16.2. The van der Waals surface area contributed by atoms with Gasteiger partial charge in [-0.15, -0.1) is 0 Å². The molecule has 1 aromatic rings. The molecule has 3 nitrogen and oxygen atoms in total. The maximum atomic E-state index is 12.1. The van der Waals surface area contributed by atoms with Crippen LogP contribution in [0, 0.1) is 12.8 Å². The van der Waals surface area contributed by atoms with Crippen molar-refractivity contribution in [2.75, 3.05) is 7.05 Å². The Bertz CT molecular complexity index is 410. The van der Waals surface area contributed by atoms with Gasteiger partial charge in [0.15, 0.2) is 0 Å². The quantitative estimate of drug-likeness (QED) is 0.862. The SMILES string of the molecule is Cc1ccccc1CN(C)C(=O)C1CC(N)C1. The van der Waals surface area contributed by atoms with Crippen molar-refractivity contribution >= 4 is 5.91 Å². The summed E-state index contributed by atoms with van der Waals surface area (Å²) in [5, 5.41) is 0. The number of rotatable bonds is 3. The highest BCUT2D eigenvalue weighted by molar-refractivity contribution is 5.79. The van der Waals surface area contributed by atoms with Crippen molar-refractivity contribution in [1.29, 1.82) is 0 Å². The highest BCUT2D eigenvalue weighted by Crippen LogP contribution is 2.27. The van der Waals surface area contributed by atoms with Gasteiger partial charge in [-0.2, -0.15) is 0 Å². The van der Waals surface area contributed by atoms with Gasteiger partial charge >= 0.3 is 0 Å². The molecule has 1 fully saturated rings. The summed E-state index contributed by atoms with van der Waals surface area (Å²) in [5.41, 5.74) is 8.16. The van der Waals surface area contributed by atoms with Gasteiger partial charge < -0.3 is 10.6 Å². The van der Waals surface area contributed by atoms with Crippen molar-refractivity contribution in [1.82, 2.24) is 4.90 Å². The maximum absolute atomic E-state index is 12.1. The molecule has 1 aromatic carbocycles. The fourth-order valence-corrected chi connectivity index (χ4v) is 2.30. The van der Waals surface area contributed by atoms with Crippen molar-refractivity contribution in [2.45, 2.75) is 32.4 Å². The van der Waals surface area contributed by atoms with Gasteiger partial charge in [0.2, 0.25) is 5.91 Å². The first-order valence-corrected chi connectivity index (χ1v) is 6.13. The van der Waals surface area contributed by atoms with Crippen molar-refractivity contribution < 1.29 is 4.79 Å². The minimum Gasteiger partial charge on any atom is -0.341 e. The number of carbonyl (C=O) groups excluding carboxylic acids is 1. The minimum absolute atomic E-state index is 0.152. The van der Waals surface area contributed by atoms with Gasteiger partial charge in [0.05, 0.1) is 0 Å². The summed E-state index contributed by atoms with van der Waals surface area (Å²) in [6.45, 7) is 2.77. The standard InChI is InChI=1S/C14H20N2O/c1-10-5-3-4-6-11(10)9-16(2)14(17)12-7-13(15)8-12/h3-6,12-13H,7-9,15H2,1-2H3. The van der Waals surface area contributed by atoms with Gasteiger partial charge in [-0.3, -0.25) is 4.79 Å². The monoisotopic (exact) mass is 232 g/mol. The maximum Gasteiger partial charge on any atom is 0.225 e. The molecule has 0 radical (unpaired) electrons. The van der Waals surface area contributed by atoms with E-state index in [1.807, 2.05) is 24.1 Å². The van der Waals surface area contributed by atoms with E-state index < -0.39 is 0 Å². The molecular weight excluding hydrogens is 212 g/mol. The molecule has 92 valence electrons. The zero-order valence-electron chi connectivity index (χ0n) is 10.5. The summed E-state index contributed by atoms with van der Waals surface area (Å²) < 4.78 is 0. The second kappa shape index (κ2) is 4.88. The van der Waals surface area contributed by atoms with Gasteiger partial charge in [-0.25, -0.2) is 0 Å². The number of hydrogen-bond acceptors (Lipinski definition) is 2. The van der Waals surface area contributed by atoms with Crippen LogP contribution in [0.25, 0.3) is 0 Å². The Morgan fingerprint density at radius 1 is 1.41 bits per heavy atom. The molecule has 17 heavy (non-hydrogen) atoms. The first-order valence-electron chi connectivity index (χ1n) is 6.13. The Hall–Kier alpha value is -1.35. The molecule has 0 saturated heterocycles. The number of benzene rings is 1. The molecule has 0 aliphatic heterocycles. The molecule has 1 amide bonds. The number of hydrogen-bond donors (Lipinski definition) is 1. The molecule has 3 heteroatoms. The summed E-state index contributed by atoms with van der Waals surface area (Å²) in [5.74, 6) is 0.383. The van der Waals surface area contributed by atoms with Gasteiger partial charge in [-0.05, 0) is 30.9 Å². The van der Waals surface area contributed by atoms with E-state index in [0.29, 0.717) is 6.54 Å². The highest BCUT2D eigenvalue weighted by Gasteiger charge is 2.33. The molecule has 0 spiro atoms. The molecule has 0 aromatic heterocycles. The van der Waals surface area contributed by atoms with Crippen LogP contribution < -0.4 is 5.73 Å². The Balaban J connectivity index is 1.95. The first-order chi connectivity index (χ1) is 8.08. The molecule has 0 unspecified atom stereocenters. The van der Waals surface area contributed by atoms with Crippen LogP contribution in [0.5, 0.6) is 0 Å². The molecule has 1 saturated carbocycles. The van der Waals surface area contributed by atoms with Crippen molar-refractivity contribution in [3.63, 3.8) is 0 Å². The molecule has 0 heterocycles. The van der Waals surface area contributed by atoms with Crippen molar-refractivity contribution in [3.05, 3.63) is 35.4 Å². The van der Waals surface area contributed by atoms with E-state index in [-0.39, 0.29) is 17.9 Å². The van der Waals surface area contributed by atoms with Gasteiger partial charge in [0.1, 0.15) is 0 Å². The van der Waals surface area contributed by atoms with Crippen LogP contribution >= 0.6 is 0 Å². The number of amides is 1. The van der Waals surface area contributed by atoms with E-state index in [9.17, 15) is 4.79 Å². The average molecular weight is 232 g/mol. The Labute approximate surface area is 103 Å². The fourth-order valence-electron chi connectivity index (χ4n) is 2.30. The zero-order valence-corrected chi connectivity index (χ0v) is 10.5. The summed E-state index contributed by atoms with van der Waals surface area (Å²) >= 11 is 0. The molecule has 2 N–H and O–H groups in total. The second-order valence-corrected chi connectivity index (χ2v) is 5.05. The topological polar surface area (TPSA) is 46.3 Å². The smallest absolute Gasteiger partial charge is 0.225 e. The molecule has 0 atom stereocenters. The van der Waals surface area contributed by atoms with Crippen LogP contribution in [0.3, 0.4) is 0 Å². The van der Waals surface area contributed by atoms with E-state index in [2.05, 4.69) is 19.1 Å². The second-order valence-electron chi connectivity index (χ2n) is 5.05. The van der Waals surface area contributed by atoms with E-state index in [0.717, 1.165) is 12.8 Å². The van der Waals surface area contributed by atoms with Crippen LogP contribution in [0.1, 0.15) is 24.0 Å². The fraction of sp³-hybridized carbons (Fsp3) is 0.500. The Morgan fingerprint density at radius 2 is 2.06 bits per heavy atom. The van der Waals surface area contributed by atoms with E-state index in [1.165, 1.54) is 11.1 Å². The third kappa shape index (κ3) is 2.67. The van der Waals surface area contributed by atoms with Crippen LogP contribution in [-0.4, -0.2) is 23.9 Å². The number of nitrogens with zero attached hydrogens (tertiary/aromatic N) is 1. The lowest BCUT2D eigenvalue weighted by molar-refractivity contribution is -0.137. The third-order valence-electron chi connectivity index (χ3n) is 3.57. The lowest BCUT2D eigenvalue weighted by atomic mass is 9.80. The molecule has 0 bridgehead atoms. The van der Waals surface area contributed by atoms with E-state index in [4.69, 9.17) is 5.73 Å². The Kier molecular flexibility index (Phi) is 3.48. The van der Waals surface area contributed by atoms with E-state index in [1.54, 1.807) is 0 Å². The molecule has 1 aliphatic carbocycles. The number of carbonyl (C=O) groups is 1. The number of nitrogens with two attached hydrogens (primary N) is 1.